The fraction of sp³-hybridized carbons (Fsp3) is 0.632. The first-order valence-corrected chi connectivity index (χ1v) is 10.3. The molecule has 0 radical (unpaired) electrons. The number of thioether (sulfide) groups is 1. The molecule has 2 saturated heterocycles. The number of benzene rings is 1. The van der Waals surface area contributed by atoms with Crippen molar-refractivity contribution in [2.45, 2.75) is 29.8 Å². The molecule has 0 aliphatic carbocycles. The highest BCUT2D eigenvalue weighted by Gasteiger charge is 2.33. The predicted molar refractivity (Wildman–Crippen MR) is 102 cm³/mol. The van der Waals surface area contributed by atoms with Crippen molar-refractivity contribution in [2.75, 3.05) is 52.6 Å². The van der Waals surface area contributed by atoms with Crippen molar-refractivity contribution >= 4 is 17.7 Å². The summed E-state index contributed by atoms with van der Waals surface area (Å²) in [5, 5.41) is 9.82. The van der Waals surface area contributed by atoms with Crippen LogP contribution in [0.2, 0.25) is 0 Å². The van der Waals surface area contributed by atoms with Gasteiger partial charge in [0.05, 0.1) is 0 Å². The first kappa shape index (κ1) is 18.7. The monoisotopic (exact) mass is 363 g/mol. The summed E-state index contributed by atoms with van der Waals surface area (Å²) in [4.78, 5) is 20.2. The summed E-state index contributed by atoms with van der Waals surface area (Å²) in [6.45, 7) is 5.94. The molecule has 0 bridgehead atoms. The Morgan fingerprint density at radius 1 is 1.16 bits per heavy atom. The molecule has 3 rings (SSSR count). The summed E-state index contributed by atoms with van der Waals surface area (Å²) in [7, 11) is 2.19. The van der Waals surface area contributed by atoms with Gasteiger partial charge in [-0.05, 0) is 56.9 Å². The largest absolute Gasteiger partial charge is 0.480 e. The van der Waals surface area contributed by atoms with Crippen molar-refractivity contribution in [2.24, 2.45) is 0 Å². The van der Waals surface area contributed by atoms with Crippen LogP contribution in [0.4, 0.5) is 0 Å². The van der Waals surface area contributed by atoms with Crippen LogP contribution in [-0.2, 0) is 4.79 Å². The Morgan fingerprint density at radius 3 is 2.44 bits per heavy atom. The molecule has 2 aliphatic heterocycles. The minimum absolute atomic E-state index is 0.535. The fourth-order valence-corrected chi connectivity index (χ4v) is 4.51. The smallest absolute Gasteiger partial charge is 0.325 e. The zero-order valence-electron chi connectivity index (χ0n) is 15.2. The minimum Gasteiger partial charge on any atom is -0.480 e. The molecule has 1 aromatic rings. The molecular formula is C19H29N3O2S. The molecule has 0 unspecified atom stereocenters. The summed E-state index contributed by atoms with van der Waals surface area (Å²) in [6.07, 6.45) is 4.48. The molecule has 1 N–H and O–H groups in total. The number of carbonyl (C=O) groups is 1. The van der Waals surface area contributed by atoms with E-state index in [0.29, 0.717) is 6.04 Å². The lowest BCUT2D eigenvalue weighted by atomic mass is 10.0. The number of nitrogens with zero attached hydrogens (tertiary/aromatic N) is 3. The average molecular weight is 364 g/mol. The van der Waals surface area contributed by atoms with Crippen molar-refractivity contribution < 1.29 is 9.90 Å². The third-order valence-corrected chi connectivity index (χ3v) is 6.29. The zero-order chi connectivity index (χ0) is 17.8. The lowest BCUT2D eigenvalue weighted by Crippen LogP contribution is -2.54. The predicted octanol–water partition coefficient (Wildman–Crippen LogP) is 2.25. The van der Waals surface area contributed by atoms with Crippen molar-refractivity contribution in [1.82, 2.24) is 14.7 Å². The third kappa shape index (κ3) is 4.56. The first-order valence-electron chi connectivity index (χ1n) is 9.12. The van der Waals surface area contributed by atoms with Crippen LogP contribution in [-0.4, -0.2) is 84.4 Å². The Kier molecular flexibility index (Phi) is 6.39. The molecule has 1 atom stereocenters. The lowest BCUT2D eigenvalue weighted by molar-refractivity contribution is -0.144. The van der Waals surface area contributed by atoms with Gasteiger partial charge in [-0.1, -0.05) is 12.1 Å². The highest BCUT2D eigenvalue weighted by molar-refractivity contribution is 7.98. The number of carboxylic acids is 1. The number of piperazine rings is 1. The van der Waals surface area contributed by atoms with E-state index in [-0.39, 0.29) is 0 Å². The van der Waals surface area contributed by atoms with Crippen LogP contribution in [0.1, 0.15) is 24.4 Å². The maximum Gasteiger partial charge on any atom is 0.325 e. The van der Waals surface area contributed by atoms with Crippen LogP contribution in [0.5, 0.6) is 0 Å². The Morgan fingerprint density at radius 2 is 1.84 bits per heavy atom. The maximum absolute atomic E-state index is 12.0. The summed E-state index contributed by atoms with van der Waals surface area (Å²) in [5.74, 6) is -0.744. The molecule has 1 aromatic carbocycles. The van der Waals surface area contributed by atoms with E-state index in [1.54, 1.807) is 11.8 Å². The molecule has 2 fully saturated rings. The Hall–Kier alpha value is -1.08. The van der Waals surface area contributed by atoms with Crippen LogP contribution in [0.25, 0.3) is 0 Å². The Labute approximate surface area is 155 Å². The molecule has 2 aliphatic rings. The second-order valence-electron chi connectivity index (χ2n) is 7.12. The van der Waals surface area contributed by atoms with Gasteiger partial charge in [0.1, 0.15) is 6.04 Å². The van der Waals surface area contributed by atoms with Gasteiger partial charge in [-0.3, -0.25) is 14.6 Å². The molecule has 0 saturated carbocycles. The van der Waals surface area contributed by atoms with Crippen molar-refractivity contribution in [1.29, 1.82) is 0 Å². The summed E-state index contributed by atoms with van der Waals surface area (Å²) in [6, 6.07) is 8.10. The van der Waals surface area contributed by atoms with Gasteiger partial charge in [-0.15, -0.1) is 11.8 Å². The number of piperidine rings is 1. The molecular weight excluding hydrogens is 334 g/mol. The summed E-state index contributed by atoms with van der Waals surface area (Å²) < 4.78 is 0. The molecule has 138 valence electrons. The van der Waals surface area contributed by atoms with E-state index in [9.17, 15) is 9.90 Å². The Bertz CT molecular complexity index is 582. The maximum atomic E-state index is 12.0. The van der Waals surface area contributed by atoms with Gasteiger partial charge in [-0.25, -0.2) is 0 Å². The minimum atomic E-state index is -0.744. The highest BCUT2D eigenvalue weighted by Crippen LogP contribution is 2.27. The van der Waals surface area contributed by atoms with E-state index in [2.05, 4.69) is 21.7 Å². The number of aliphatic carboxylic acids is 1. The quantitative estimate of drug-likeness (QED) is 0.810. The summed E-state index contributed by atoms with van der Waals surface area (Å²) in [5.41, 5.74) is 0.895. The van der Waals surface area contributed by atoms with Crippen LogP contribution in [0, 0.1) is 0 Å². The number of hydrogen-bond donors (Lipinski definition) is 1. The van der Waals surface area contributed by atoms with Crippen molar-refractivity contribution in [3.05, 3.63) is 29.8 Å². The Balaban J connectivity index is 1.63. The number of rotatable bonds is 5. The van der Waals surface area contributed by atoms with Gasteiger partial charge in [0.2, 0.25) is 0 Å². The molecule has 25 heavy (non-hydrogen) atoms. The van der Waals surface area contributed by atoms with Crippen LogP contribution < -0.4 is 0 Å². The van der Waals surface area contributed by atoms with Gasteiger partial charge in [0, 0.05) is 37.1 Å². The van der Waals surface area contributed by atoms with Crippen molar-refractivity contribution in [3.63, 3.8) is 0 Å². The molecule has 5 nitrogen and oxygen atoms in total. The van der Waals surface area contributed by atoms with E-state index < -0.39 is 12.0 Å². The van der Waals surface area contributed by atoms with Crippen molar-refractivity contribution in [3.8, 4) is 0 Å². The average Bonchev–Trinajstić information content (AvgIpc) is 2.63. The lowest BCUT2D eigenvalue weighted by Gasteiger charge is -2.43. The van der Waals surface area contributed by atoms with E-state index >= 15 is 0 Å². The van der Waals surface area contributed by atoms with Gasteiger partial charge in [-0.2, -0.15) is 0 Å². The highest BCUT2D eigenvalue weighted by atomic mass is 32.2. The molecule has 6 heteroatoms. The van der Waals surface area contributed by atoms with E-state index in [1.807, 2.05) is 30.5 Å². The molecule has 0 amide bonds. The fourth-order valence-electron chi connectivity index (χ4n) is 4.04. The standard InChI is InChI=1S/C19H29N3O2S/c1-20-8-6-16(7-9-20)21-10-12-22(13-11-21)18(19(23)24)15-4-3-5-17(14-15)25-2/h3-5,14,16,18H,6-13H2,1-2H3,(H,23,24)/t18-/m1/s1. The number of hydrogen-bond acceptors (Lipinski definition) is 5. The number of carboxylic acid groups (broad SMARTS) is 1. The second kappa shape index (κ2) is 8.54. The van der Waals surface area contributed by atoms with E-state index in [4.69, 9.17) is 0 Å². The second-order valence-corrected chi connectivity index (χ2v) is 8.00. The zero-order valence-corrected chi connectivity index (χ0v) is 16.0. The normalized spacial score (nSPS) is 22.8. The number of likely N-dealkylation sites (tertiary alicyclic amines) is 1. The topological polar surface area (TPSA) is 47.0 Å². The third-order valence-electron chi connectivity index (χ3n) is 5.56. The van der Waals surface area contributed by atoms with Gasteiger partial charge in [0.25, 0.3) is 0 Å². The molecule has 0 spiro atoms. The van der Waals surface area contributed by atoms with Crippen LogP contribution in [0.3, 0.4) is 0 Å². The van der Waals surface area contributed by atoms with Crippen LogP contribution in [0.15, 0.2) is 29.2 Å². The van der Waals surface area contributed by atoms with Gasteiger partial charge >= 0.3 is 5.97 Å². The first-order chi connectivity index (χ1) is 12.1. The van der Waals surface area contributed by atoms with E-state index in [1.165, 1.54) is 25.9 Å². The molecule has 0 aromatic heterocycles. The van der Waals surface area contributed by atoms with E-state index in [0.717, 1.165) is 36.6 Å². The van der Waals surface area contributed by atoms with Gasteiger partial charge in [0.15, 0.2) is 0 Å². The summed E-state index contributed by atoms with van der Waals surface area (Å²) >= 11 is 1.65. The molecule has 2 heterocycles. The van der Waals surface area contributed by atoms with Gasteiger partial charge < -0.3 is 10.0 Å². The van der Waals surface area contributed by atoms with Crippen LogP contribution >= 0.6 is 11.8 Å². The SMILES string of the molecule is CSc1cccc([C@H](C(=O)O)N2CCN(C3CCN(C)CC3)CC2)c1.